The number of carbonyl (C=O) groups is 2. The van der Waals surface area contributed by atoms with Crippen LogP contribution in [0.1, 0.15) is 44.0 Å². The van der Waals surface area contributed by atoms with Crippen LogP contribution in [-0.4, -0.2) is 30.1 Å². The van der Waals surface area contributed by atoms with E-state index in [1.165, 1.54) is 0 Å². The second-order valence-electron chi connectivity index (χ2n) is 6.40. The number of esters is 1. The molecule has 1 aromatic carbocycles. The SMILES string of the molecule is CC(C)OC(=O)c1ccc(OCC(=O)NC(C)(C#N)C2CC2)cc1. The van der Waals surface area contributed by atoms with Gasteiger partial charge in [-0.25, -0.2) is 4.79 Å². The smallest absolute Gasteiger partial charge is 0.338 e. The summed E-state index contributed by atoms with van der Waals surface area (Å²) in [6.07, 6.45) is 1.73. The number of carbonyl (C=O) groups excluding carboxylic acids is 2. The average molecular weight is 330 g/mol. The monoisotopic (exact) mass is 330 g/mol. The van der Waals surface area contributed by atoms with Crippen molar-refractivity contribution in [3.05, 3.63) is 29.8 Å². The molecule has 1 fully saturated rings. The van der Waals surface area contributed by atoms with Gasteiger partial charge in [-0.05, 0) is 63.8 Å². The van der Waals surface area contributed by atoms with Crippen molar-refractivity contribution in [1.82, 2.24) is 5.32 Å². The van der Waals surface area contributed by atoms with Crippen molar-refractivity contribution in [2.75, 3.05) is 6.61 Å². The summed E-state index contributed by atoms with van der Waals surface area (Å²) in [5, 5.41) is 12.0. The van der Waals surface area contributed by atoms with Crippen LogP contribution in [0.2, 0.25) is 0 Å². The molecular formula is C18H22N2O4. The summed E-state index contributed by atoms with van der Waals surface area (Å²) in [5.74, 6) is -0.0493. The van der Waals surface area contributed by atoms with E-state index in [1.807, 2.05) is 0 Å². The van der Waals surface area contributed by atoms with E-state index >= 15 is 0 Å². The third-order valence-corrected chi connectivity index (χ3v) is 3.83. The highest BCUT2D eigenvalue weighted by molar-refractivity contribution is 5.89. The Bertz CT molecular complexity index is 644. The Balaban J connectivity index is 1.85. The molecular weight excluding hydrogens is 308 g/mol. The Morgan fingerprint density at radius 2 is 1.96 bits per heavy atom. The summed E-state index contributed by atoms with van der Waals surface area (Å²) in [4.78, 5) is 23.7. The number of benzene rings is 1. The Morgan fingerprint density at radius 3 is 2.46 bits per heavy atom. The molecule has 1 aliphatic rings. The highest BCUT2D eigenvalue weighted by Gasteiger charge is 2.43. The maximum atomic E-state index is 12.0. The first-order chi connectivity index (χ1) is 11.3. The number of nitrogens with zero attached hydrogens (tertiary/aromatic N) is 1. The van der Waals surface area contributed by atoms with Gasteiger partial charge in [-0.1, -0.05) is 0 Å². The quantitative estimate of drug-likeness (QED) is 0.776. The minimum Gasteiger partial charge on any atom is -0.484 e. The standard InChI is InChI=1S/C18H22N2O4/c1-12(2)24-17(22)13-4-8-15(9-5-13)23-10-16(21)20-18(3,11-19)14-6-7-14/h4-5,8-9,12,14H,6-7,10H2,1-3H3,(H,20,21). The first kappa shape index (κ1) is 17.8. The highest BCUT2D eigenvalue weighted by atomic mass is 16.5. The van der Waals surface area contributed by atoms with Crippen LogP contribution in [0.4, 0.5) is 0 Å². The molecule has 0 aromatic heterocycles. The molecule has 1 saturated carbocycles. The van der Waals surface area contributed by atoms with Crippen molar-refractivity contribution in [1.29, 1.82) is 5.26 Å². The van der Waals surface area contributed by atoms with E-state index in [-0.39, 0.29) is 24.5 Å². The number of hydrogen-bond acceptors (Lipinski definition) is 5. The summed E-state index contributed by atoms with van der Waals surface area (Å²) in [6, 6.07) is 8.55. The van der Waals surface area contributed by atoms with E-state index in [2.05, 4.69) is 11.4 Å². The van der Waals surface area contributed by atoms with E-state index in [1.54, 1.807) is 45.0 Å². The van der Waals surface area contributed by atoms with Gasteiger partial charge in [0.2, 0.25) is 0 Å². The second-order valence-corrected chi connectivity index (χ2v) is 6.40. The molecule has 0 aliphatic heterocycles. The second kappa shape index (κ2) is 7.35. The van der Waals surface area contributed by atoms with Gasteiger partial charge in [-0.15, -0.1) is 0 Å². The maximum Gasteiger partial charge on any atom is 0.338 e. The van der Waals surface area contributed by atoms with Crippen molar-refractivity contribution in [3.8, 4) is 11.8 Å². The summed E-state index contributed by atoms with van der Waals surface area (Å²) < 4.78 is 10.5. The zero-order valence-corrected chi connectivity index (χ0v) is 14.2. The molecule has 1 aromatic rings. The van der Waals surface area contributed by atoms with Crippen molar-refractivity contribution in [2.45, 2.75) is 45.3 Å². The topological polar surface area (TPSA) is 88.4 Å². The van der Waals surface area contributed by atoms with Crippen molar-refractivity contribution in [2.24, 2.45) is 5.92 Å². The van der Waals surface area contributed by atoms with E-state index in [9.17, 15) is 14.9 Å². The van der Waals surface area contributed by atoms with Crippen molar-refractivity contribution in [3.63, 3.8) is 0 Å². The van der Waals surface area contributed by atoms with Gasteiger partial charge in [0.15, 0.2) is 6.61 Å². The van der Waals surface area contributed by atoms with Crippen LogP contribution in [0.25, 0.3) is 0 Å². The van der Waals surface area contributed by atoms with Gasteiger partial charge in [0.1, 0.15) is 11.3 Å². The third kappa shape index (κ3) is 4.72. The Kier molecular flexibility index (Phi) is 5.45. The fourth-order valence-corrected chi connectivity index (χ4v) is 2.33. The zero-order chi connectivity index (χ0) is 17.7. The van der Waals surface area contributed by atoms with Crippen LogP contribution in [0.3, 0.4) is 0 Å². The molecule has 1 amide bonds. The number of amides is 1. The fraction of sp³-hybridized carbons (Fsp3) is 0.500. The van der Waals surface area contributed by atoms with Gasteiger partial charge in [0, 0.05) is 0 Å². The van der Waals surface area contributed by atoms with Gasteiger partial charge in [-0.3, -0.25) is 4.79 Å². The van der Waals surface area contributed by atoms with Gasteiger partial charge in [0.25, 0.3) is 5.91 Å². The molecule has 1 N–H and O–H groups in total. The van der Waals surface area contributed by atoms with E-state index in [0.29, 0.717) is 11.3 Å². The Hall–Kier alpha value is -2.55. The first-order valence-electron chi connectivity index (χ1n) is 8.00. The molecule has 128 valence electrons. The molecule has 24 heavy (non-hydrogen) atoms. The fourth-order valence-electron chi connectivity index (χ4n) is 2.33. The van der Waals surface area contributed by atoms with Crippen LogP contribution in [0, 0.1) is 17.2 Å². The number of hydrogen-bond donors (Lipinski definition) is 1. The summed E-state index contributed by atoms with van der Waals surface area (Å²) >= 11 is 0. The maximum absolute atomic E-state index is 12.0. The highest BCUT2D eigenvalue weighted by Crippen LogP contribution is 2.39. The van der Waals surface area contributed by atoms with Crippen LogP contribution in [0.5, 0.6) is 5.75 Å². The average Bonchev–Trinajstić information content (AvgIpc) is 3.38. The largest absolute Gasteiger partial charge is 0.484 e. The molecule has 1 aliphatic carbocycles. The van der Waals surface area contributed by atoms with Gasteiger partial charge >= 0.3 is 5.97 Å². The summed E-state index contributed by atoms with van der Waals surface area (Å²) in [6.45, 7) is 5.12. The lowest BCUT2D eigenvalue weighted by atomic mass is 9.98. The molecule has 1 atom stereocenters. The normalized spacial score (nSPS) is 16.0. The molecule has 0 bridgehead atoms. The number of ether oxygens (including phenoxy) is 2. The molecule has 6 nitrogen and oxygen atoms in total. The lowest BCUT2D eigenvalue weighted by Gasteiger charge is -2.22. The first-order valence-corrected chi connectivity index (χ1v) is 8.00. The lowest BCUT2D eigenvalue weighted by Crippen LogP contribution is -2.48. The number of rotatable bonds is 7. The van der Waals surface area contributed by atoms with Crippen molar-refractivity contribution < 1.29 is 19.1 Å². The molecule has 6 heteroatoms. The van der Waals surface area contributed by atoms with Gasteiger partial charge in [-0.2, -0.15) is 5.26 Å². The van der Waals surface area contributed by atoms with E-state index in [4.69, 9.17) is 9.47 Å². The predicted octanol–water partition coefficient (Wildman–Crippen LogP) is 2.44. The number of nitrogens with one attached hydrogen (secondary N) is 1. The molecule has 0 spiro atoms. The van der Waals surface area contributed by atoms with Gasteiger partial charge in [0.05, 0.1) is 17.7 Å². The van der Waals surface area contributed by atoms with Gasteiger partial charge < -0.3 is 14.8 Å². The van der Waals surface area contributed by atoms with Crippen LogP contribution < -0.4 is 10.1 Å². The van der Waals surface area contributed by atoms with Crippen LogP contribution in [0.15, 0.2) is 24.3 Å². The zero-order valence-electron chi connectivity index (χ0n) is 14.2. The minimum absolute atomic E-state index is 0.181. The Labute approximate surface area is 141 Å². The van der Waals surface area contributed by atoms with E-state index in [0.717, 1.165) is 12.8 Å². The minimum atomic E-state index is -0.828. The molecule has 0 saturated heterocycles. The molecule has 2 rings (SSSR count). The van der Waals surface area contributed by atoms with E-state index < -0.39 is 11.5 Å². The molecule has 1 unspecified atom stereocenters. The summed E-state index contributed by atoms with van der Waals surface area (Å²) in [5.41, 5.74) is -0.406. The number of nitriles is 1. The molecule has 0 radical (unpaired) electrons. The third-order valence-electron chi connectivity index (χ3n) is 3.83. The molecule has 0 heterocycles. The lowest BCUT2D eigenvalue weighted by molar-refractivity contribution is -0.124. The van der Waals surface area contributed by atoms with Crippen LogP contribution in [-0.2, 0) is 9.53 Å². The van der Waals surface area contributed by atoms with Crippen molar-refractivity contribution >= 4 is 11.9 Å². The predicted molar refractivity (Wildman–Crippen MR) is 87.4 cm³/mol. The van der Waals surface area contributed by atoms with Crippen LogP contribution >= 0.6 is 0 Å². The Morgan fingerprint density at radius 1 is 1.33 bits per heavy atom. The summed E-state index contributed by atoms with van der Waals surface area (Å²) in [7, 11) is 0.